The highest BCUT2D eigenvalue weighted by molar-refractivity contribution is 8.18. The summed E-state index contributed by atoms with van der Waals surface area (Å²) in [6.45, 7) is 2.81. The Morgan fingerprint density at radius 2 is 1.72 bits per heavy atom. The summed E-state index contributed by atoms with van der Waals surface area (Å²) >= 11 is 0.796. The smallest absolute Gasteiger partial charge is 0.294 e. The number of thioether (sulfide) groups is 1. The molecule has 0 spiro atoms. The zero-order chi connectivity index (χ0) is 20.4. The molecular formula is C21H24FN3O3S. The number of nitrogens with zero attached hydrogens (tertiary/aromatic N) is 3. The quantitative estimate of drug-likeness (QED) is 0.702. The molecule has 1 aromatic carbocycles. The topological polar surface area (TPSA) is 60.9 Å². The van der Waals surface area contributed by atoms with Gasteiger partial charge in [0.05, 0.1) is 10.6 Å². The molecule has 3 saturated heterocycles. The van der Waals surface area contributed by atoms with Gasteiger partial charge in [0.25, 0.3) is 11.1 Å². The summed E-state index contributed by atoms with van der Waals surface area (Å²) in [4.78, 5) is 42.3. The first-order valence-electron chi connectivity index (χ1n) is 10.1. The van der Waals surface area contributed by atoms with E-state index >= 15 is 0 Å². The van der Waals surface area contributed by atoms with E-state index in [4.69, 9.17) is 0 Å². The zero-order valence-electron chi connectivity index (χ0n) is 16.2. The van der Waals surface area contributed by atoms with Crippen molar-refractivity contribution in [3.63, 3.8) is 0 Å². The van der Waals surface area contributed by atoms with Crippen LogP contribution in [0.25, 0.3) is 6.08 Å². The Kier molecular flexibility index (Phi) is 5.89. The maximum Gasteiger partial charge on any atom is 0.294 e. The Labute approximate surface area is 173 Å². The highest BCUT2D eigenvalue weighted by atomic mass is 32.2. The van der Waals surface area contributed by atoms with Crippen LogP contribution in [0, 0.1) is 5.82 Å². The molecule has 3 amide bonds. The Balaban J connectivity index is 1.45. The molecule has 3 aliphatic rings. The molecule has 8 heteroatoms. The third-order valence-corrected chi connectivity index (χ3v) is 6.50. The summed E-state index contributed by atoms with van der Waals surface area (Å²) in [6.07, 6.45) is 6.64. The molecular weight excluding hydrogens is 393 g/mol. The average molecular weight is 418 g/mol. The normalized spacial score (nSPS) is 21.6. The summed E-state index contributed by atoms with van der Waals surface area (Å²) in [5, 5.41) is -0.458. The monoisotopic (exact) mass is 417 g/mol. The van der Waals surface area contributed by atoms with Crippen LogP contribution in [0.2, 0.25) is 0 Å². The Morgan fingerprint density at radius 1 is 1.03 bits per heavy atom. The number of carbonyl (C=O) groups excluding carboxylic acids is 3. The van der Waals surface area contributed by atoms with Gasteiger partial charge in [-0.1, -0.05) is 6.07 Å². The number of benzene rings is 1. The number of carbonyl (C=O) groups is 3. The van der Waals surface area contributed by atoms with Crippen molar-refractivity contribution in [2.24, 2.45) is 0 Å². The Morgan fingerprint density at radius 3 is 2.41 bits per heavy atom. The number of rotatable bonds is 4. The lowest BCUT2D eigenvalue weighted by atomic mass is 10.1. The van der Waals surface area contributed by atoms with Crippen molar-refractivity contribution in [1.82, 2.24) is 9.80 Å². The van der Waals surface area contributed by atoms with Crippen LogP contribution >= 0.6 is 11.8 Å². The lowest BCUT2D eigenvalue weighted by molar-refractivity contribution is -0.136. The van der Waals surface area contributed by atoms with Crippen molar-refractivity contribution in [3.8, 4) is 0 Å². The second kappa shape index (κ2) is 8.57. The molecule has 3 aliphatic heterocycles. The van der Waals surface area contributed by atoms with Gasteiger partial charge in [-0.2, -0.15) is 0 Å². The van der Waals surface area contributed by atoms with Crippen LogP contribution in [-0.4, -0.2) is 59.6 Å². The van der Waals surface area contributed by atoms with Crippen LogP contribution in [0.3, 0.4) is 0 Å². The number of amides is 3. The van der Waals surface area contributed by atoms with E-state index in [0.29, 0.717) is 24.3 Å². The molecule has 1 aromatic rings. The van der Waals surface area contributed by atoms with Crippen molar-refractivity contribution >= 4 is 40.6 Å². The molecule has 0 aromatic heterocycles. The van der Waals surface area contributed by atoms with Gasteiger partial charge < -0.3 is 9.80 Å². The van der Waals surface area contributed by atoms with Gasteiger partial charge in [0.2, 0.25) is 5.91 Å². The van der Waals surface area contributed by atoms with Gasteiger partial charge in [-0.15, -0.1) is 0 Å². The van der Waals surface area contributed by atoms with Crippen LogP contribution in [0.4, 0.5) is 14.9 Å². The van der Waals surface area contributed by atoms with Crippen molar-refractivity contribution in [1.29, 1.82) is 0 Å². The third kappa shape index (κ3) is 4.32. The molecule has 0 bridgehead atoms. The van der Waals surface area contributed by atoms with Crippen LogP contribution in [0.15, 0.2) is 23.1 Å². The molecule has 0 aliphatic carbocycles. The first-order chi connectivity index (χ1) is 14.0. The second-order valence-electron chi connectivity index (χ2n) is 7.61. The number of likely N-dealkylation sites (tertiary alicyclic amines) is 1. The van der Waals surface area contributed by atoms with E-state index < -0.39 is 11.1 Å². The minimum atomic E-state index is -0.491. The number of imide groups is 1. The second-order valence-corrected chi connectivity index (χ2v) is 8.61. The van der Waals surface area contributed by atoms with E-state index in [9.17, 15) is 18.8 Å². The van der Waals surface area contributed by atoms with Crippen LogP contribution in [0.5, 0.6) is 0 Å². The first-order valence-corrected chi connectivity index (χ1v) is 10.9. The molecule has 29 heavy (non-hydrogen) atoms. The van der Waals surface area contributed by atoms with Crippen molar-refractivity contribution in [2.45, 2.75) is 32.1 Å². The summed E-state index contributed by atoms with van der Waals surface area (Å²) in [7, 11) is 0. The summed E-state index contributed by atoms with van der Waals surface area (Å²) in [5.74, 6) is -1.02. The van der Waals surface area contributed by atoms with Crippen LogP contribution < -0.4 is 4.90 Å². The molecule has 6 nitrogen and oxygen atoms in total. The van der Waals surface area contributed by atoms with E-state index in [2.05, 4.69) is 0 Å². The van der Waals surface area contributed by atoms with Crippen molar-refractivity contribution in [3.05, 3.63) is 34.5 Å². The largest absolute Gasteiger partial charge is 0.369 e. The standard InChI is InChI=1S/C21H24FN3O3S/c22-16-12-15(6-7-17(16)23-8-4-5-9-23)13-18-20(27)25(21(28)29-18)14-19(26)24-10-2-1-3-11-24/h6-7,12-13H,1-5,8-11,14H2. The first kappa shape index (κ1) is 19.9. The van der Waals surface area contributed by atoms with E-state index in [1.807, 2.05) is 4.90 Å². The number of piperidine rings is 1. The van der Waals surface area contributed by atoms with Gasteiger partial charge in [-0.3, -0.25) is 19.3 Å². The molecule has 0 radical (unpaired) electrons. The van der Waals surface area contributed by atoms with Gasteiger partial charge >= 0.3 is 0 Å². The third-order valence-electron chi connectivity index (χ3n) is 5.59. The molecule has 3 heterocycles. The van der Waals surface area contributed by atoms with Gasteiger partial charge in [-0.25, -0.2) is 4.39 Å². The maximum absolute atomic E-state index is 14.5. The summed E-state index contributed by atoms with van der Waals surface area (Å²) in [5.41, 5.74) is 1.10. The van der Waals surface area contributed by atoms with E-state index in [1.54, 1.807) is 17.0 Å². The molecule has 0 saturated carbocycles. The number of hydrogen-bond acceptors (Lipinski definition) is 5. The van der Waals surface area contributed by atoms with Crippen molar-refractivity contribution < 1.29 is 18.8 Å². The molecule has 0 unspecified atom stereocenters. The number of anilines is 1. The van der Waals surface area contributed by atoms with Gasteiger partial charge in [0.1, 0.15) is 12.4 Å². The predicted octanol–water partition coefficient (Wildman–Crippen LogP) is 3.47. The molecule has 3 fully saturated rings. The summed E-state index contributed by atoms with van der Waals surface area (Å²) < 4.78 is 14.5. The molecule has 0 N–H and O–H groups in total. The van der Waals surface area contributed by atoms with E-state index in [1.165, 1.54) is 12.1 Å². The number of halogens is 1. The molecule has 4 rings (SSSR count). The minimum absolute atomic E-state index is 0.200. The Hall–Kier alpha value is -2.35. The average Bonchev–Trinajstić information content (AvgIpc) is 3.33. The Bertz CT molecular complexity index is 861. The lowest BCUT2D eigenvalue weighted by Crippen LogP contribution is -2.44. The maximum atomic E-state index is 14.5. The van der Waals surface area contributed by atoms with Gasteiger partial charge in [0.15, 0.2) is 0 Å². The van der Waals surface area contributed by atoms with E-state index in [0.717, 1.165) is 61.9 Å². The highest BCUT2D eigenvalue weighted by Gasteiger charge is 2.37. The fourth-order valence-electron chi connectivity index (χ4n) is 3.99. The van der Waals surface area contributed by atoms with Gasteiger partial charge in [-0.05, 0) is 67.6 Å². The zero-order valence-corrected chi connectivity index (χ0v) is 17.0. The van der Waals surface area contributed by atoms with Crippen molar-refractivity contribution in [2.75, 3.05) is 37.6 Å². The minimum Gasteiger partial charge on any atom is -0.369 e. The summed E-state index contributed by atoms with van der Waals surface area (Å²) in [6, 6.07) is 4.86. The predicted molar refractivity (Wildman–Crippen MR) is 111 cm³/mol. The molecule has 154 valence electrons. The highest BCUT2D eigenvalue weighted by Crippen LogP contribution is 2.33. The fourth-order valence-corrected chi connectivity index (χ4v) is 4.83. The van der Waals surface area contributed by atoms with Crippen LogP contribution in [0.1, 0.15) is 37.7 Å². The van der Waals surface area contributed by atoms with Gasteiger partial charge in [0, 0.05) is 26.2 Å². The number of hydrogen-bond donors (Lipinski definition) is 0. The lowest BCUT2D eigenvalue weighted by Gasteiger charge is -2.27. The fraction of sp³-hybridized carbons (Fsp3) is 0.476. The molecule has 0 atom stereocenters. The van der Waals surface area contributed by atoms with Crippen LogP contribution in [-0.2, 0) is 9.59 Å². The SMILES string of the molecule is O=C(CN1C(=O)SC(=Cc2ccc(N3CCCC3)c(F)c2)C1=O)N1CCCCC1. The van der Waals surface area contributed by atoms with E-state index in [-0.39, 0.29) is 23.2 Å².